The van der Waals surface area contributed by atoms with Crippen LogP contribution >= 0.6 is 0 Å². The van der Waals surface area contributed by atoms with Gasteiger partial charge in [-0.25, -0.2) is 0 Å². The predicted molar refractivity (Wildman–Crippen MR) is 30.6 cm³/mol. The largest absolute Gasteiger partial charge is 0.660 e. The van der Waals surface area contributed by atoms with Gasteiger partial charge in [-0.15, -0.1) is 13.1 Å². The summed E-state index contributed by atoms with van der Waals surface area (Å²) in [4.78, 5) is 0. The van der Waals surface area contributed by atoms with Gasteiger partial charge in [-0.3, -0.25) is 0 Å². The van der Waals surface area contributed by atoms with Gasteiger partial charge >= 0.3 is 0 Å². The normalized spacial score (nSPS) is 28.9. The van der Waals surface area contributed by atoms with E-state index in [1.807, 2.05) is 0 Å². The predicted octanol–water partition coefficient (Wildman–Crippen LogP) is 0.349. The molecule has 1 aliphatic rings. The van der Waals surface area contributed by atoms with Crippen LogP contribution in [0, 0.1) is 0 Å². The van der Waals surface area contributed by atoms with Crippen molar-refractivity contribution in [3.05, 3.63) is 5.32 Å². The first-order valence-corrected chi connectivity index (χ1v) is 2.76. The van der Waals surface area contributed by atoms with E-state index in [0.717, 1.165) is 19.6 Å². The van der Waals surface area contributed by atoms with Crippen LogP contribution < -0.4 is 5.32 Å². The quantitative estimate of drug-likeness (QED) is 0.685. The van der Waals surface area contributed by atoms with E-state index in [9.17, 15) is 0 Å². The molecule has 1 heterocycles. The van der Waals surface area contributed by atoms with Crippen LogP contribution in [0.15, 0.2) is 0 Å². The van der Waals surface area contributed by atoms with Crippen molar-refractivity contribution < 1.29 is 21.1 Å². The zero-order chi connectivity index (χ0) is 5.11. The van der Waals surface area contributed by atoms with E-state index in [0.29, 0.717) is 6.04 Å². The van der Waals surface area contributed by atoms with Gasteiger partial charge in [0.25, 0.3) is 0 Å². The molecule has 0 amide bonds. The van der Waals surface area contributed by atoms with Crippen molar-refractivity contribution in [1.29, 1.82) is 0 Å². The Morgan fingerprint density at radius 3 is 2.62 bits per heavy atom. The number of hydrogen-bond acceptors (Lipinski definition) is 1. The Hall–Kier alpha value is 0.608. The Bertz CT molecular complexity index is 52.4. The maximum Gasteiger partial charge on any atom is 0 e. The maximum atomic E-state index is 4.20. The third-order valence-corrected chi connectivity index (χ3v) is 1.17. The third-order valence-electron chi connectivity index (χ3n) is 1.17. The van der Waals surface area contributed by atoms with Crippen molar-refractivity contribution in [1.82, 2.24) is 5.32 Å². The molecule has 3 heteroatoms. The molecule has 1 rings (SSSR count). The number of rotatable bonds is 0. The summed E-state index contributed by atoms with van der Waals surface area (Å²) < 4.78 is 0. The van der Waals surface area contributed by atoms with Crippen LogP contribution in [-0.2, 0) is 21.1 Å². The first kappa shape index (κ1) is 8.61. The third kappa shape index (κ3) is 2.80. The van der Waals surface area contributed by atoms with Gasteiger partial charge in [0.2, 0.25) is 0 Å². The van der Waals surface area contributed by atoms with E-state index in [1.165, 1.54) is 0 Å². The molecule has 1 unspecified atom stereocenters. The van der Waals surface area contributed by atoms with E-state index < -0.39 is 0 Å². The van der Waals surface area contributed by atoms with Gasteiger partial charge in [-0.2, -0.15) is 0 Å². The van der Waals surface area contributed by atoms with Crippen LogP contribution in [-0.4, -0.2) is 25.7 Å². The fraction of sp³-hybridized carbons (Fsp3) is 1.00. The van der Waals surface area contributed by atoms with Crippen molar-refractivity contribution in [2.24, 2.45) is 0 Å². The smallest absolute Gasteiger partial charge is 0 e. The van der Waals surface area contributed by atoms with E-state index in [-0.39, 0.29) is 21.1 Å². The Balaban J connectivity index is 0.000000490. The first-order valence-electron chi connectivity index (χ1n) is 2.76. The molecule has 0 aromatic rings. The summed E-state index contributed by atoms with van der Waals surface area (Å²) in [5.41, 5.74) is 0. The summed E-state index contributed by atoms with van der Waals surface area (Å²) in [6.07, 6.45) is 0. The van der Waals surface area contributed by atoms with E-state index in [2.05, 4.69) is 17.6 Å². The molecule has 0 aromatic heterocycles. The summed E-state index contributed by atoms with van der Waals surface area (Å²) in [5.74, 6) is 0. The Morgan fingerprint density at radius 2 is 2.38 bits per heavy atom. The van der Waals surface area contributed by atoms with Gasteiger partial charge in [0.05, 0.1) is 0 Å². The minimum absolute atomic E-state index is 0. The number of hydrogen-bond donors (Lipinski definition) is 1. The molecular weight excluding hydrogens is 283 g/mol. The molecule has 2 nitrogen and oxygen atoms in total. The summed E-state index contributed by atoms with van der Waals surface area (Å²) >= 11 is 0. The zero-order valence-electron chi connectivity index (χ0n) is 4.96. The van der Waals surface area contributed by atoms with Gasteiger partial charge in [-0.05, 0) is 12.6 Å². The van der Waals surface area contributed by atoms with E-state index in [1.54, 1.807) is 0 Å². The second-order valence-electron chi connectivity index (χ2n) is 1.98. The Labute approximate surface area is 64.7 Å². The van der Waals surface area contributed by atoms with Crippen molar-refractivity contribution in [2.45, 2.75) is 13.0 Å². The summed E-state index contributed by atoms with van der Waals surface area (Å²) in [7, 11) is 0. The molecule has 1 fully saturated rings. The van der Waals surface area contributed by atoms with Gasteiger partial charge in [0, 0.05) is 21.1 Å². The second-order valence-corrected chi connectivity index (χ2v) is 1.98. The zero-order valence-corrected chi connectivity index (χ0v) is 7.23. The van der Waals surface area contributed by atoms with Crippen LogP contribution in [0.4, 0.5) is 0 Å². The van der Waals surface area contributed by atoms with Crippen LogP contribution in [0.25, 0.3) is 5.32 Å². The molecule has 0 spiro atoms. The van der Waals surface area contributed by atoms with Crippen molar-refractivity contribution in [3.63, 3.8) is 0 Å². The molecule has 52 valence electrons. The van der Waals surface area contributed by atoms with Gasteiger partial charge in [0.15, 0.2) is 0 Å². The average Bonchev–Trinajstić information content (AvgIpc) is 1.69. The number of nitrogens with zero attached hydrogens (tertiary/aromatic N) is 1. The molecule has 0 saturated carbocycles. The monoisotopic (exact) mass is 294 g/mol. The number of nitrogens with one attached hydrogen (secondary N) is 1. The summed E-state index contributed by atoms with van der Waals surface area (Å²) in [6, 6.07) is 0.619. The van der Waals surface area contributed by atoms with Crippen molar-refractivity contribution in [3.8, 4) is 0 Å². The minimum Gasteiger partial charge on any atom is -0.660 e. The molecular formula is C5H11N2Pt-. The van der Waals surface area contributed by atoms with Crippen LogP contribution in [0.2, 0.25) is 0 Å². The van der Waals surface area contributed by atoms with Crippen LogP contribution in [0.3, 0.4) is 0 Å². The van der Waals surface area contributed by atoms with E-state index in [4.69, 9.17) is 0 Å². The maximum absolute atomic E-state index is 4.20. The SMILES string of the molecule is CC1C[N-]CCN1.[Pt]. The molecule has 1 N–H and O–H groups in total. The summed E-state index contributed by atoms with van der Waals surface area (Å²) in [5, 5.41) is 7.48. The molecule has 1 atom stereocenters. The Morgan fingerprint density at radius 1 is 1.62 bits per heavy atom. The average molecular weight is 294 g/mol. The summed E-state index contributed by atoms with van der Waals surface area (Å²) in [6.45, 7) is 5.23. The topological polar surface area (TPSA) is 26.1 Å². The van der Waals surface area contributed by atoms with Gasteiger partial charge in [-0.1, -0.05) is 6.92 Å². The van der Waals surface area contributed by atoms with Crippen LogP contribution in [0.5, 0.6) is 0 Å². The van der Waals surface area contributed by atoms with Gasteiger partial charge in [0.1, 0.15) is 0 Å². The fourth-order valence-electron chi connectivity index (χ4n) is 0.739. The number of piperazine rings is 1. The van der Waals surface area contributed by atoms with Gasteiger partial charge < -0.3 is 10.6 Å². The molecule has 1 aliphatic heterocycles. The van der Waals surface area contributed by atoms with E-state index >= 15 is 0 Å². The Kier molecular flexibility index (Phi) is 4.82. The van der Waals surface area contributed by atoms with Crippen LogP contribution in [0.1, 0.15) is 6.92 Å². The van der Waals surface area contributed by atoms with Crippen molar-refractivity contribution >= 4 is 0 Å². The molecule has 1 saturated heterocycles. The second kappa shape index (κ2) is 4.48. The molecule has 8 heavy (non-hydrogen) atoms. The standard InChI is InChI=1S/C5H11N2.Pt/c1-5-4-6-2-3-7-5;/h5,7H,2-4H2,1H3;/q-1;. The van der Waals surface area contributed by atoms with Crippen molar-refractivity contribution in [2.75, 3.05) is 19.6 Å². The molecule has 0 bridgehead atoms. The molecule has 0 radical (unpaired) electrons. The fourth-order valence-corrected chi connectivity index (χ4v) is 0.739. The molecule has 0 aliphatic carbocycles. The first-order chi connectivity index (χ1) is 3.39. The minimum atomic E-state index is 0. The molecule has 0 aromatic carbocycles.